The third-order valence-electron chi connectivity index (χ3n) is 7.25. The fraction of sp³-hybridized carbons (Fsp3) is 0.480. The zero-order valence-corrected chi connectivity index (χ0v) is 17.2. The predicted molar refractivity (Wildman–Crippen MR) is 114 cm³/mol. The van der Waals surface area contributed by atoms with Crippen LogP contribution in [-0.4, -0.2) is 32.3 Å². The van der Waals surface area contributed by atoms with Crippen LogP contribution in [0.4, 0.5) is 4.79 Å². The van der Waals surface area contributed by atoms with Crippen molar-refractivity contribution in [2.24, 2.45) is 11.8 Å². The van der Waals surface area contributed by atoms with Crippen molar-refractivity contribution in [3.05, 3.63) is 58.7 Å². The van der Waals surface area contributed by atoms with Gasteiger partial charge in [-0.25, -0.2) is 4.79 Å². The minimum absolute atomic E-state index is 0.0328. The molecule has 156 valence electrons. The lowest BCUT2D eigenvalue weighted by molar-refractivity contribution is 0.240. The molecule has 0 radical (unpaired) electrons. The van der Waals surface area contributed by atoms with Crippen molar-refractivity contribution in [3.63, 3.8) is 0 Å². The van der Waals surface area contributed by atoms with Gasteiger partial charge >= 0.3 is 6.03 Å². The summed E-state index contributed by atoms with van der Waals surface area (Å²) in [5.41, 5.74) is 5.62. The number of fused-ring (bicyclic) bond motifs is 2. The average Bonchev–Trinajstić information content (AvgIpc) is 3.59. The number of carbonyl (C=O) groups excluding carboxylic acids is 1. The van der Waals surface area contributed by atoms with Gasteiger partial charge in [0, 0.05) is 37.1 Å². The molecule has 2 N–H and O–H groups in total. The first kappa shape index (κ1) is 18.1. The van der Waals surface area contributed by atoms with Crippen molar-refractivity contribution in [2.45, 2.75) is 37.5 Å². The number of carbonyl (C=O) groups is 1. The Morgan fingerprint density at radius 3 is 1.80 bits per heavy atom. The smallest absolute Gasteiger partial charge is 0.314 e. The van der Waals surface area contributed by atoms with E-state index in [1.807, 2.05) is 0 Å². The van der Waals surface area contributed by atoms with Crippen LogP contribution in [0.15, 0.2) is 36.4 Å². The lowest BCUT2D eigenvalue weighted by Gasteiger charge is -2.10. The summed E-state index contributed by atoms with van der Waals surface area (Å²) >= 11 is 0. The Morgan fingerprint density at radius 2 is 1.30 bits per heavy atom. The molecule has 0 spiro atoms. The number of hydrogen-bond acceptors (Lipinski definition) is 3. The van der Waals surface area contributed by atoms with Gasteiger partial charge in [0.2, 0.25) is 0 Å². The normalized spacial score (nSPS) is 27.5. The van der Waals surface area contributed by atoms with Gasteiger partial charge in [0.25, 0.3) is 0 Å². The van der Waals surface area contributed by atoms with Crippen LogP contribution in [0, 0.1) is 11.8 Å². The molecule has 0 aromatic heterocycles. The molecule has 30 heavy (non-hydrogen) atoms. The molecule has 2 aliphatic heterocycles. The van der Waals surface area contributed by atoms with Crippen LogP contribution in [-0.2, 0) is 12.8 Å². The lowest BCUT2D eigenvalue weighted by atomic mass is 10.00. The molecule has 2 aliphatic carbocycles. The third kappa shape index (κ3) is 3.30. The first-order valence-corrected chi connectivity index (χ1v) is 11.3. The van der Waals surface area contributed by atoms with Crippen molar-refractivity contribution in [2.75, 3.05) is 26.3 Å². The van der Waals surface area contributed by atoms with Crippen LogP contribution in [0.3, 0.4) is 0 Å². The number of rotatable bonds is 6. The van der Waals surface area contributed by atoms with Gasteiger partial charge in [-0.2, -0.15) is 0 Å². The van der Waals surface area contributed by atoms with Gasteiger partial charge in [-0.1, -0.05) is 24.3 Å². The average molecular weight is 405 g/mol. The van der Waals surface area contributed by atoms with E-state index in [1.165, 1.54) is 22.3 Å². The number of hydrogen-bond donors (Lipinski definition) is 2. The van der Waals surface area contributed by atoms with E-state index < -0.39 is 0 Å². The van der Waals surface area contributed by atoms with E-state index in [0.29, 0.717) is 23.7 Å². The van der Waals surface area contributed by atoms with Crippen LogP contribution in [0.2, 0.25) is 0 Å². The van der Waals surface area contributed by atoms with Crippen molar-refractivity contribution in [3.8, 4) is 11.5 Å². The molecule has 0 unspecified atom stereocenters. The van der Waals surface area contributed by atoms with Crippen LogP contribution >= 0.6 is 0 Å². The molecule has 5 nitrogen and oxygen atoms in total. The molecule has 2 heterocycles. The molecule has 4 aliphatic rings. The van der Waals surface area contributed by atoms with Crippen LogP contribution < -0.4 is 20.1 Å². The Kier molecular flexibility index (Phi) is 4.36. The Balaban J connectivity index is 0.964. The summed E-state index contributed by atoms with van der Waals surface area (Å²) in [4.78, 5) is 12.3. The Hall–Kier alpha value is -2.69. The monoisotopic (exact) mass is 404 g/mol. The van der Waals surface area contributed by atoms with Gasteiger partial charge in [0.1, 0.15) is 11.5 Å². The first-order valence-electron chi connectivity index (χ1n) is 11.3. The first-order chi connectivity index (χ1) is 14.8. The summed E-state index contributed by atoms with van der Waals surface area (Å²) in [7, 11) is 0. The SMILES string of the molecule is O=C(NC[C@@H]1C[C@H]1c1cccc2c1CCO2)NC[C@@H]1C[C@H]1c1cccc2c1CCO2. The third-order valence-corrected chi connectivity index (χ3v) is 7.25. The van der Waals surface area contributed by atoms with Crippen molar-refractivity contribution >= 4 is 6.03 Å². The van der Waals surface area contributed by atoms with Crippen LogP contribution in [0.1, 0.15) is 46.9 Å². The van der Waals surface area contributed by atoms with Crippen molar-refractivity contribution < 1.29 is 14.3 Å². The van der Waals surface area contributed by atoms with Gasteiger partial charge in [0.15, 0.2) is 0 Å². The van der Waals surface area contributed by atoms with Gasteiger partial charge in [-0.3, -0.25) is 0 Å². The molecule has 2 aromatic rings. The highest BCUT2D eigenvalue weighted by atomic mass is 16.5. The number of benzene rings is 2. The molecule has 2 amide bonds. The molecule has 0 bridgehead atoms. The van der Waals surface area contributed by atoms with Crippen LogP contribution in [0.25, 0.3) is 0 Å². The van der Waals surface area contributed by atoms with Gasteiger partial charge in [0.05, 0.1) is 13.2 Å². The molecular formula is C25H28N2O3. The van der Waals surface area contributed by atoms with Crippen molar-refractivity contribution in [1.29, 1.82) is 0 Å². The summed E-state index contributed by atoms with van der Waals surface area (Å²) in [5.74, 6) is 4.33. The van der Waals surface area contributed by atoms with E-state index in [4.69, 9.17) is 9.47 Å². The summed E-state index contributed by atoms with van der Waals surface area (Å²) < 4.78 is 11.4. The predicted octanol–water partition coefficient (Wildman–Crippen LogP) is 3.76. The van der Waals surface area contributed by atoms with E-state index in [2.05, 4.69) is 47.0 Å². The van der Waals surface area contributed by atoms with Gasteiger partial charge < -0.3 is 20.1 Å². The van der Waals surface area contributed by atoms with E-state index in [0.717, 1.165) is 63.5 Å². The van der Waals surface area contributed by atoms with Crippen molar-refractivity contribution in [1.82, 2.24) is 10.6 Å². The molecule has 2 fully saturated rings. The lowest BCUT2D eigenvalue weighted by Crippen LogP contribution is -2.37. The largest absolute Gasteiger partial charge is 0.493 e. The fourth-order valence-corrected chi connectivity index (χ4v) is 5.41. The topological polar surface area (TPSA) is 59.6 Å². The molecule has 5 heteroatoms. The van der Waals surface area contributed by atoms with Gasteiger partial charge in [-0.15, -0.1) is 0 Å². The minimum Gasteiger partial charge on any atom is -0.493 e. The second-order valence-corrected chi connectivity index (χ2v) is 9.14. The Bertz CT molecular complexity index is 911. The molecule has 2 aromatic carbocycles. The Labute approximate surface area is 177 Å². The highest BCUT2D eigenvalue weighted by Gasteiger charge is 2.42. The fourth-order valence-electron chi connectivity index (χ4n) is 5.41. The molecule has 2 saturated carbocycles. The van der Waals surface area contributed by atoms with E-state index in [-0.39, 0.29) is 6.03 Å². The number of nitrogens with one attached hydrogen (secondary N) is 2. The standard InChI is InChI=1S/C25H28N2O3/c28-25(26-13-15-11-21(15)17-3-1-5-23-19(17)7-9-29-23)27-14-16-12-22(16)18-4-2-6-24-20(18)8-10-30-24/h1-6,15-16,21-22H,7-14H2,(H2,26,27,28)/t15-,16-,21+,22+/m0/s1. The number of urea groups is 1. The zero-order chi connectivity index (χ0) is 20.1. The second kappa shape index (κ2) is 7.22. The maximum Gasteiger partial charge on any atom is 0.314 e. The minimum atomic E-state index is -0.0328. The molecule has 4 atom stereocenters. The summed E-state index contributed by atoms with van der Waals surface area (Å²) in [6.45, 7) is 3.09. The maximum absolute atomic E-state index is 12.3. The number of amides is 2. The highest BCUT2D eigenvalue weighted by molar-refractivity contribution is 5.74. The molecular weight excluding hydrogens is 376 g/mol. The second-order valence-electron chi connectivity index (χ2n) is 9.14. The summed E-state index contributed by atoms with van der Waals surface area (Å²) in [6, 6.07) is 12.8. The molecule has 0 saturated heterocycles. The summed E-state index contributed by atoms with van der Waals surface area (Å²) in [5, 5.41) is 6.18. The van der Waals surface area contributed by atoms with E-state index in [9.17, 15) is 4.79 Å². The number of ether oxygens (including phenoxy) is 2. The summed E-state index contributed by atoms with van der Waals surface area (Å²) in [6.07, 6.45) is 4.34. The zero-order valence-electron chi connectivity index (χ0n) is 17.2. The Morgan fingerprint density at radius 1 is 0.800 bits per heavy atom. The van der Waals surface area contributed by atoms with Gasteiger partial charge in [-0.05, 0) is 59.8 Å². The highest BCUT2D eigenvalue weighted by Crippen LogP contribution is 2.51. The van der Waals surface area contributed by atoms with E-state index >= 15 is 0 Å². The maximum atomic E-state index is 12.3. The molecule has 6 rings (SSSR count). The van der Waals surface area contributed by atoms with Crippen LogP contribution in [0.5, 0.6) is 11.5 Å². The van der Waals surface area contributed by atoms with E-state index in [1.54, 1.807) is 0 Å². The quantitative estimate of drug-likeness (QED) is 0.771.